The highest BCUT2D eigenvalue weighted by molar-refractivity contribution is 5.74. The van der Waals surface area contributed by atoms with E-state index >= 15 is 0 Å². The average molecular weight is 242 g/mol. The van der Waals surface area contributed by atoms with Gasteiger partial charge >= 0.3 is 12.0 Å². The van der Waals surface area contributed by atoms with Crippen molar-refractivity contribution in [1.82, 2.24) is 10.2 Å². The van der Waals surface area contributed by atoms with Crippen molar-refractivity contribution in [2.75, 3.05) is 13.1 Å². The van der Waals surface area contributed by atoms with E-state index in [0.717, 1.165) is 19.5 Å². The molecule has 1 saturated heterocycles. The first-order chi connectivity index (χ1) is 7.99. The fourth-order valence-corrected chi connectivity index (χ4v) is 2.05. The first-order valence-electron chi connectivity index (χ1n) is 6.26. The van der Waals surface area contributed by atoms with Gasteiger partial charge in [0.15, 0.2) is 0 Å². The Hall–Kier alpha value is -1.26. The number of hydrogen-bond donors (Lipinski definition) is 2. The van der Waals surface area contributed by atoms with Crippen LogP contribution in [-0.4, -0.2) is 41.1 Å². The number of carboxylic acids is 1. The lowest BCUT2D eigenvalue weighted by Crippen LogP contribution is -2.42. The Labute approximate surface area is 102 Å². The third-order valence-electron chi connectivity index (χ3n) is 3.11. The van der Waals surface area contributed by atoms with E-state index in [1.165, 1.54) is 0 Å². The minimum atomic E-state index is -0.781. The highest BCUT2D eigenvalue weighted by atomic mass is 16.4. The van der Waals surface area contributed by atoms with Crippen molar-refractivity contribution >= 4 is 12.0 Å². The molecule has 0 bridgehead atoms. The molecule has 0 aromatic carbocycles. The zero-order valence-corrected chi connectivity index (χ0v) is 10.6. The lowest BCUT2D eigenvalue weighted by Gasteiger charge is -2.20. The number of urea groups is 1. The Morgan fingerprint density at radius 1 is 1.53 bits per heavy atom. The maximum atomic E-state index is 11.8. The first kappa shape index (κ1) is 13.8. The fraction of sp³-hybridized carbons (Fsp3) is 0.833. The third-order valence-corrected chi connectivity index (χ3v) is 3.11. The zero-order valence-electron chi connectivity index (χ0n) is 10.6. The zero-order chi connectivity index (χ0) is 12.8. The molecule has 1 aliphatic heterocycles. The van der Waals surface area contributed by atoms with E-state index in [1.54, 1.807) is 0 Å². The van der Waals surface area contributed by atoms with Gasteiger partial charge in [-0.05, 0) is 32.1 Å². The summed E-state index contributed by atoms with van der Waals surface area (Å²) in [6.07, 6.45) is 2.55. The van der Waals surface area contributed by atoms with Crippen LogP contribution < -0.4 is 5.32 Å². The monoisotopic (exact) mass is 242 g/mol. The molecule has 0 saturated carbocycles. The van der Waals surface area contributed by atoms with E-state index in [0.29, 0.717) is 18.8 Å². The Morgan fingerprint density at radius 3 is 2.76 bits per heavy atom. The molecule has 17 heavy (non-hydrogen) atoms. The lowest BCUT2D eigenvalue weighted by atomic mass is 10.1. The molecule has 1 heterocycles. The predicted octanol–water partition coefficient (Wildman–Crippen LogP) is 1.68. The number of carbonyl (C=O) groups excluding carboxylic acids is 1. The SMILES string of the molecule is CC1CCN(C(=O)NC(C)CCCC(=O)O)C1. The molecular formula is C12H22N2O3. The number of aliphatic carboxylic acids is 1. The van der Waals surface area contributed by atoms with E-state index in [1.807, 2.05) is 11.8 Å². The maximum absolute atomic E-state index is 11.8. The van der Waals surface area contributed by atoms with Crippen molar-refractivity contribution in [2.45, 2.75) is 45.6 Å². The molecule has 2 amide bonds. The molecule has 0 aliphatic carbocycles. The molecule has 2 unspecified atom stereocenters. The number of nitrogens with one attached hydrogen (secondary N) is 1. The molecular weight excluding hydrogens is 220 g/mol. The lowest BCUT2D eigenvalue weighted by molar-refractivity contribution is -0.137. The molecule has 2 atom stereocenters. The van der Waals surface area contributed by atoms with Crippen LogP contribution in [0, 0.1) is 5.92 Å². The Balaban J connectivity index is 2.19. The molecule has 98 valence electrons. The van der Waals surface area contributed by atoms with E-state index in [2.05, 4.69) is 12.2 Å². The molecule has 1 rings (SSSR count). The summed E-state index contributed by atoms with van der Waals surface area (Å²) in [4.78, 5) is 24.0. The summed E-state index contributed by atoms with van der Waals surface area (Å²) in [5, 5.41) is 11.4. The van der Waals surface area contributed by atoms with Gasteiger partial charge in [-0.15, -0.1) is 0 Å². The highest BCUT2D eigenvalue weighted by Gasteiger charge is 2.23. The van der Waals surface area contributed by atoms with Crippen molar-refractivity contribution < 1.29 is 14.7 Å². The quantitative estimate of drug-likeness (QED) is 0.770. The number of nitrogens with zero attached hydrogens (tertiary/aromatic N) is 1. The Morgan fingerprint density at radius 2 is 2.24 bits per heavy atom. The van der Waals surface area contributed by atoms with Crippen LogP contribution in [0.3, 0.4) is 0 Å². The fourth-order valence-electron chi connectivity index (χ4n) is 2.05. The number of likely N-dealkylation sites (tertiary alicyclic amines) is 1. The standard InChI is InChI=1S/C12H22N2O3/c1-9-6-7-14(8-9)12(17)13-10(2)4-3-5-11(15)16/h9-10H,3-8H2,1-2H3,(H,13,17)(H,15,16). The van der Waals surface area contributed by atoms with Crippen LogP contribution in [0.5, 0.6) is 0 Å². The normalized spacial score (nSPS) is 21.3. The minimum absolute atomic E-state index is 0.0165. The van der Waals surface area contributed by atoms with Gasteiger partial charge in [0, 0.05) is 25.6 Å². The van der Waals surface area contributed by atoms with E-state index in [4.69, 9.17) is 5.11 Å². The van der Waals surface area contributed by atoms with Gasteiger partial charge in [0.25, 0.3) is 0 Å². The second-order valence-electron chi connectivity index (χ2n) is 4.98. The summed E-state index contributed by atoms with van der Waals surface area (Å²) >= 11 is 0. The third kappa shape index (κ3) is 5.06. The van der Waals surface area contributed by atoms with Gasteiger partial charge in [-0.25, -0.2) is 4.79 Å². The van der Waals surface area contributed by atoms with Gasteiger partial charge in [0.2, 0.25) is 0 Å². The van der Waals surface area contributed by atoms with E-state index in [-0.39, 0.29) is 18.5 Å². The van der Waals surface area contributed by atoms with Gasteiger partial charge in [-0.2, -0.15) is 0 Å². The Bertz CT molecular complexity index is 281. The van der Waals surface area contributed by atoms with Crippen LogP contribution in [-0.2, 0) is 4.79 Å². The topological polar surface area (TPSA) is 69.6 Å². The van der Waals surface area contributed by atoms with Crippen LogP contribution in [0.15, 0.2) is 0 Å². The smallest absolute Gasteiger partial charge is 0.317 e. The predicted molar refractivity (Wildman–Crippen MR) is 64.8 cm³/mol. The molecule has 5 nitrogen and oxygen atoms in total. The van der Waals surface area contributed by atoms with Crippen LogP contribution in [0.1, 0.15) is 39.5 Å². The molecule has 0 aromatic rings. The average Bonchev–Trinajstić information content (AvgIpc) is 2.64. The number of rotatable bonds is 5. The number of carbonyl (C=O) groups is 2. The maximum Gasteiger partial charge on any atom is 0.317 e. The van der Waals surface area contributed by atoms with Gasteiger partial charge in [-0.1, -0.05) is 6.92 Å². The van der Waals surface area contributed by atoms with E-state index in [9.17, 15) is 9.59 Å². The van der Waals surface area contributed by atoms with Crippen LogP contribution in [0.2, 0.25) is 0 Å². The number of hydrogen-bond acceptors (Lipinski definition) is 2. The number of carboxylic acid groups (broad SMARTS) is 1. The second kappa shape index (κ2) is 6.47. The summed E-state index contributed by atoms with van der Waals surface area (Å²) in [5.74, 6) is -0.194. The van der Waals surface area contributed by atoms with Crippen molar-refractivity contribution in [3.05, 3.63) is 0 Å². The minimum Gasteiger partial charge on any atom is -0.481 e. The molecule has 0 spiro atoms. The van der Waals surface area contributed by atoms with Gasteiger partial charge in [-0.3, -0.25) is 4.79 Å². The van der Waals surface area contributed by atoms with Crippen molar-refractivity contribution in [3.8, 4) is 0 Å². The van der Waals surface area contributed by atoms with Crippen LogP contribution in [0.25, 0.3) is 0 Å². The summed E-state index contributed by atoms with van der Waals surface area (Å²) < 4.78 is 0. The Kier molecular flexibility index (Phi) is 5.25. The van der Waals surface area contributed by atoms with Gasteiger partial charge in [0.1, 0.15) is 0 Å². The van der Waals surface area contributed by atoms with E-state index < -0.39 is 5.97 Å². The molecule has 0 aromatic heterocycles. The number of amides is 2. The summed E-state index contributed by atoms with van der Waals surface area (Å²) in [7, 11) is 0. The highest BCUT2D eigenvalue weighted by Crippen LogP contribution is 2.15. The first-order valence-corrected chi connectivity index (χ1v) is 6.26. The van der Waals surface area contributed by atoms with Gasteiger partial charge in [0.05, 0.1) is 0 Å². The van der Waals surface area contributed by atoms with Crippen LogP contribution in [0.4, 0.5) is 4.79 Å². The molecule has 1 fully saturated rings. The van der Waals surface area contributed by atoms with Crippen molar-refractivity contribution in [2.24, 2.45) is 5.92 Å². The molecule has 2 N–H and O–H groups in total. The largest absolute Gasteiger partial charge is 0.481 e. The molecule has 5 heteroatoms. The summed E-state index contributed by atoms with van der Waals surface area (Å²) in [5.41, 5.74) is 0. The van der Waals surface area contributed by atoms with Gasteiger partial charge < -0.3 is 15.3 Å². The molecule has 0 radical (unpaired) electrons. The second-order valence-corrected chi connectivity index (χ2v) is 4.98. The molecule has 1 aliphatic rings. The van der Waals surface area contributed by atoms with Crippen LogP contribution >= 0.6 is 0 Å². The summed E-state index contributed by atoms with van der Waals surface area (Å²) in [6, 6.07) is 0.0231. The summed E-state index contributed by atoms with van der Waals surface area (Å²) in [6.45, 7) is 5.71. The van der Waals surface area contributed by atoms with Crippen molar-refractivity contribution in [3.63, 3.8) is 0 Å². The van der Waals surface area contributed by atoms with Crippen molar-refractivity contribution in [1.29, 1.82) is 0 Å².